The molecular formula is C23H27ClFN7O3S. The first-order chi connectivity index (χ1) is 16.8. The molecule has 1 atom stereocenters. The SMILES string of the molecule is CC(=O)N1CCN(NC(=O)c2cc3cc(F)ccc3[nH]2)C(NC(=O)c2nc3c(s2)CN(C)CC3)C1.Cl. The van der Waals surface area contributed by atoms with Crippen LogP contribution in [0.2, 0.25) is 0 Å². The number of aromatic amines is 1. The standard InChI is InChI=1S/C23H26FN7O3S.ClH/c1-13(32)30-7-8-31(28-21(33)18-10-14-9-15(24)3-4-16(14)25-18)20(12-30)27-22(34)23-26-17-5-6-29(2)11-19(17)35-23;/h3-4,9-10,20,25H,5-8,11-12H2,1-2H3,(H,27,34)(H,28,33);1H. The number of aromatic nitrogens is 2. The summed E-state index contributed by atoms with van der Waals surface area (Å²) in [6.45, 7) is 4.07. The van der Waals surface area contributed by atoms with E-state index in [4.69, 9.17) is 0 Å². The van der Waals surface area contributed by atoms with Crippen molar-refractivity contribution in [1.29, 1.82) is 0 Å². The first-order valence-corrected chi connectivity index (χ1v) is 12.2. The Kier molecular flexibility index (Phi) is 7.59. The van der Waals surface area contributed by atoms with Crippen molar-refractivity contribution in [2.24, 2.45) is 0 Å². The molecule has 1 fully saturated rings. The molecule has 3 aromatic rings. The monoisotopic (exact) mass is 535 g/mol. The Balaban J connectivity index is 0.00000304. The molecule has 0 spiro atoms. The van der Waals surface area contributed by atoms with E-state index in [-0.39, 0.29) is 42.3 Å². The number of hydrogen-bond acceptors (Lipinski definition) is 7. The maximum Gasteiger partial charge on any atom is 0.282 e. The minimum Gasteiger partial charge on any atom is -0.350 e. The number of fused-ring (bicyclic) bond motifs is 2. The van der Waals surface area contributed by atoms with E-state index in [2.05, 4.69) is 25.6 Å². The third-order valence-electron chi connectivity index (χ3n) is 6.31. The van der Waals surface area contributed by atoms with E-state index in [1.54, 1.807) is 22.0 Å². The number of hydrazine groups is 1. The van der Waals surface area contributed by atoms with E-state index in [0.29, 0.717) is 29.0 Å². The zero-order valence-electron chi connectivity index (χ0n) is 19.8. The number of halogens is 2. The van der Waals surface area contributed by atoms with Crippen molar-refractivity contribution < 1.29 is 18.8 Å². The topological polar surface area (TPSA) is 114 Å². The lowest BCUT2D eigenvalue weighted by Crippen LogP contribution is -2.65. The van der Waals surface area contributed by atoms with Crippen LogP contribution in [0.4, 0.5) is 4.39 Å². The van der Waals surface area contributed by atoms with E-state index < -0.39 is 12.1 Å². The molecule has 1 saturated heterocycles. The fraction of sp³-hybridized carbons (Fsp3) is 0.391. The lowest BCUT2D eigenvalue weighted by Gasteiger charge is -2.40. The van der Waals surface area contributed by atoms with Crippen LogP contribution in [0.1, 0.15) is 37.8 Å². The number of hydrogen-bond donors (Lipinski definition) is 3. The van der Waals surface area contributed by atoms with Crippen molar-refractivity contribution in [2.45, 2.75) is 26.1 Å². The number of nitrogens with zero attached hydrogens (tertiary/aromatic N) is 4. The Hall–Kier alpha value is -3.06. The third-order valence-corrected chi connectivity index (χ3v) is 7.39. The largest absolute Gasteiger partial charge is 0.350 e. The van der Waals surface area contributed by atoms with Gasteiger partial charge in [-0.05, 0) is 31.3 Å². The summed E-state index contributed by atoms with van der Waals surface area (Å²) in [5.41, 5.74) is 4.68. The summed E-state index contributed by atoms with van der Waals surface area (Å²) in [6, 6.07) is 5.82. The quantitative estimate of drug-likeness (QED) is 0.469. The van der Waals surface area contributed by atoms with Crippen LogP contribution in [0, 0.1) is 5.82 Å². The van der Waals surface area contributed by atoms with Gasteiger partial charge in [0, 0.05) is 55.3 Å². The van der Waals surface area contributed by atoms with Crippen molar-refractivity contribution in [3.63, 3.8) is 0 Å². The highest BCUT2D eigenvalue weighted by atomic mass is 35.5. The van der Waals surface area contributed by atoms with Crippen molar-refractivity contribution in [1.82, 2.24) is 35.5 Å². The number of amides is 3. The summed E-state index contributed by atoms with van der Waals surface area (Å²) in [7, 11) is 2.03. The first kappa shape index (κ1) is 26.0. The van der Waals surface area contributed by atoms with E-state index in [1.165, 1.54) is 30.4 Å². The van der Waals surface area contributed by atoms with E-state index in [0.717, 1.165) is 30.1 Å². The minimum absolute atomic E-state index is 0. The van der Waals surface area contributed by atoms with E-state index in [1.807, 2.05) is 7.05 Å². The molecule has 3 amide bonds. The first-order valence-electron chi connectivity index (χ1n) is 11.4. The minimum atomic E-state index is -0.644. The Labute approximate surface area is 217 Å². The number of rotatable bonds is 4. The maximum absolute atomic E-state index is 13.5. The van der Waals surface area contributed by atoms with Gasteiger partial charge in [-0.2, -0.15) is 5.01 Å². The molecule has 0 bridgehead atoms. The molecule has 1 aromatic carbocycles. The molecule has 3 N–H and O–H groups in total. The number of likely N-dealkylation sites (N-methyl/N-ethyl adjacent to an activating group) is 1. The van der Waals surface area contributed by atoms with Crippen LogP contribution in [0.5, 0.6) is 0 Å². The predicted molar refractivity (Wildman–Crippen MR) is 135 cm³/mol. The molecule has 36 heavy (non-hydrogen) atoms. The molecule has 0 saturated carbocycles. The Morgan fingerprint density at radius 1 is 1.17 bits per heavy atom. The Bertz CT molecular complexity index is 1310. The van der Waals surface area contributed by atoms with Gasteiger partial charge in [0.05, 0.1) is 12.2 Å². The van der Waals surface area contributed by atoms with Gasteiger partial charge in [0.25, 0.3) is 11.8 Å². The average Bonchev–Trinajstić information content (AvgIpc) is 3.43. The highest BCUT2D eigenvalue weighted by Crippen LogP contribution is 2.24. The number of benzene rings is 1. The number of H-pyrrole nitrogens is 1. The third kappa shape index (κ3) is 5.36. The van der Waals surface area contributed by atoms with Crippen molar-refractivity contribution in [3.05, 3.63) is 51.4 Å². The van der Waals surface area contributed by atoms with Crippen LogP contribution in [0.3, 0.4) is 0 Å². The van der Waals surface area contributed by atoms with E-state index >= 15 is 0 Å². The molecule has 10 nitrogen and oxygen atoms in total. The molecule has 192 valence electrons. The lowest BCUT2D eigenvalue weighted by molar-refractivity contribution is -0.132. The number of carbonyl (C=O) groups is 3. The molecule has 13 heteroatoms. The van der Waals surface area contributed by atoms with Crippen LogP contribution in [-0.4, -0.2) is 81.9 Å². The fourth-order valence-electron chi connectivity index (χ4n) is 4.38. The molecule has 0 aliphatic carbocycles. The lowest BCUT2D eigenvalue weighted by atomic mass is 10.2. The summed E-state index contributed by atoms with van der Waals surface area (Å²) in [5.74, 6) is -1.27. The Morgan fingerprint density at radius 3 is 2.75 bits per heavy atom. The summed E-state index contributed by atoms with van der Waals surface area (Å²) in [4.78, 5) is 50.4. The molecule has 0 radical (unpaired) electrons. The van der Waals surface area contributed by atoms with Gasteiger partial charge in [-0.25, -0.2) is 9.37 Å². The van der Waals surface area contributed by atoms with Gasteiger partial charge in [0.15, 0.2) is 5.01 Å². The molecule has 5 rings (SSSR count). The van der Waals surface area contributed by atoms with Crippen LogP contribution in [0.25, 0.3) is 10.9 Å². The molecule has 1 unspecified atom stereocenters. The molecule has 4 heterocycles. The van der Waals surface area contributed by atoms with E-state index in [9.17, 15) is 18.8 Å². The molecule has 2 aliphatic rings. The second kappa shape index (κ2) is 10.5. The zero-order chi connectivity index (χ0) is 24.7. The van der Waals surface area contributed by atoms with Crippen molar-refractivity contribution in [2.75, 3.05) is 33.2 Å². The average molecular weight is 536 g/mol. The van der Waals surface area contributed by atoms with Gasteiger partial charge in [-0.1, -0.05) is 0 Å². The number of nitrogens with one attached hydrogen (secondary N) is 3. The van der Waals surface area contributed by atoms with Gasteiger partial charge in [-0.15, -0.1) is 23.7 Å². The molecule has 2 aliphatic heterocycles. The molecular weight excluding hydrogens is 509 g/mol. The smallest absolute Gasteiger partial charge is 0.282 e. The summed E-state index contributed by atoms with van der Waals surface area (Å²) in [5, 5.41) is 5.51. The van der Waals surface area contributed by atoms with Gasteiger partial charge in [-0.3, -0.25) is 19.8 Å². The molecule has 2 aromatic heterocycles. The van der Waals surface area contributed by atoms with Crippen molar-refractivity contribution in [3.8, 4) is 0 Å². The van der Waals surface area contributed by atoms with Crippen LogP contribution in [0.15, 0.2) is 24.3 Å². The summed E-state index contributed by atoms with van der Waals surface area (Å²) >= 11 is 1.37. The van der Waals surface area contributed by atoms with Gasteiger partial charge < -0.3 is 20.1 Å². The normalized spacial score (nSPS) is 18.4. The van der Waals surface area contributed by atoms with Crippen LogP contribution < -0.4 is 10.7 Å². The van der Waals surface area contributed by atoms with Gasteiger partial charge in [0.1, 0.15) is 17.7 Å². The van der Waals surface area contributed by atoms with Crippen LogP contribution in [-0.2, 0) is 17.8 Å². The zero-order valence-corrected chi connectivity index (χ0v) is 21.5. The highest BCUT2D eigenvalue weighted by molar-refractivity contribution is 7.13. The number of carbonyl (C=O) groups excluding carboxylic acids is 3. The predicted octanol–water partition coefficient (Wildman–Crippen LogP) is 1.74. The summed E-state index contributed by atoms with van der Waals surface area (Å²) < 4.78 is 13.5. The number of piperazine rings is 1. The second-order valence-electron chi connectivity index (χ2n) is 8.88. The number of thiazole rings is 1. The maximum atomic E-state index is 13.5. The van der Waals surface area contributed by atoms with Gasteiger partial charge in [0.2, 0.25) is 5.91 Å². The second-order valence-corrected chi connectivity index (χ2v) is 9.96. The Morgan fingerprint density at radius 2 is 1.97 bits per heavy atom. The summed E-state index contributed by atoms with van der Waals surface area (Å²) in [6.07, 6.45) is 0.155. The highest BCUT2D eigenvalue weighted by Gasteiger charge is 2.32. The van der Waals surface area contributed by atoms with Crippen LogP contribution >= 0.6 is 23.7 Å². The van der Waals surface area contributed by atoms with Crippen molar-refractivity contribution >= 4 is 52.4 Å². The fourth-order valence-corrected chi connectivity index (χ4v) is 5.47. The van der Waals surface area contributed by atoms with Gasteiger partial charge >= 0.3 is 0 Å².